The first-order chi connectivity index (χ1) is 9.84. The number of rotatable bonds is 2. The molecule has 0 spiro atoms. The van der Waals surface area contributed by atoms with E-state index in [0.29, 0.717) is 6.42 Å². The molecule has 4 nitrogen and oxygen atoms in total. The van der Waals surface area contributed by atoms with Crippen molar-refractivity contribution in [1.29, 1.82) is 5.26 Å². The first kappa shape index (κ1) is 15.5. The summed E-state index contributed by atoms with van der Waals surface area (Å²) in [7, 11) is 1.37. The average Bonchev–Trinajstić information content (AvgIpc) is 2.88. The van der Waals surface area contributed by atoms with Gasteiger partial charge < -0.3 is 9.47 Å². The van der Waals surface area contributed by atoms with Gasteiger partial charge in [-0.3, -0.25) is 4.79 Å². The first-order valence-electron chi connectivity index (χ1n) is 7.06. The van der Waals surface area contributed by atoms with Crippen molar-refractivity contribution in [3.05, 3.63) is 35.9 Å². The molecule has 2 rings (SSSR count). The minimum atomic E-state index is -0.994. The smallest absolute Gasteiger partial charge is 0.311 e. The van der Waals surface area contributed by atoms with Crippen molar-refractivity contribution >= 4 is 5.97 Å². The Morgan fingerprint density at radius 3 is 2.48 bits per heavy atom. The van der Waals surface area contributed by atoms with Gasteiger partial charge >= 0.3 is 5.97 Å². The van der Waals surface area contributed by atoms with Gasteiger partial charge in [-0.1, -0.05) is 51.1 Å². The molecular weight excluding hydrogens is 266 g/mol. The zero-order valence-electron chi connectivity index (χ0n) is 12.9. The number of carbonyl (C=O) groups excluding carboxylic acids is 1. The van der Waals surface area contributed by atoms with Crippen molar-refractivity contribution in [2.24, 2.45) is 11.3 Å². The third-order valence-electron chi connectivity index (χ3n) is 4.23. The van der Waals surface area contributed by atoms with Gasteiger partial charge in [0.2, 0.25) is 0 Å². The van der Waals surface area contributed by atoms with Crippen molar-refractivity contribution in [1.82, 2.24) is 0 Å². The van der Waals surface area contributed by atoms with Gasteiger partial charge in [-0.15, -0.1) is 0 Å². The molecule has 1 fully saturated rings. The lowest BCUT2D eigenvalue weighted by Crippen LogP contribution is -2.41. The summed E-state index contributed by atoms with van der Waals surface area (Å²) in [5.74, 6) is -0.790. The van der Waals surface area contributed by atoms with Crippen LogP contribution in [0.1, 0.15) is 38.9 Å². The molecule has 21 heavy (non-hydrogen) atoms. The van der Waals surface area contributed by atoms with E-state index in [2.05, 4.69) is 6.07 Å². The molecule has 112 valence electrons. The number of ether oxygens (including phenoxy) is 2. The Morgan fingerprint density at radius 2 is 2.00 bits per heavy atom. The third-order valence-corrected chi connectivity index (χ3v) is 4.23. The Morgan fingerprint density at radius 1 is 1.38 bits per heavy atom. The Hall–Kier alpha value is -1.86. The normalized spacial score (nSPS) is 28.9. The molecular formula is C17H21NO3. The van der Waals surface area contributed by atoms with Crippen molar-refractivity contribution in [3.8, 4) is 6.07 Å². The highest BCUT2D eigenvalue weighted by Gasteiger charge is 2.56. The van der Waals surface area contributed by atoms with Crippen molar-refractivity contribution in [2.45, 2.75) is 38.9 Å². The predicted molar refractivity (Wildman–Crippen MR) is 78.2 cm³/mol. The summed E-state index contributed by atoms with van der Waals surface area (Å²) in [6.07, 6.45) is -0.100. The first-order valence-corrected chi connectivity index (χ1v) is 7.06. The fourth-order valence-electron chi connectivity index (χ4n) is 2.79. The summed E-state index contributed by atoms with van der Waals surface area (Å²) < 4.78 is 11.0. The van der Waals surface area contributed by atoms with E-state index in [4.69, 9.17) is 9.47 Å². The number of benzene rings is 1. The van der Waals surface area contributed by atoms with Crippen LogP contribution < -0.4 is 0 Å². The second-order valence-corrected chi connectivity index (χ2v) is 6.47. The van der Waals surface area contributed by atoms with Gasteiger partial charge in [0.1, 0.15) is 0 Å². The molecule has 0 aromatic heterocycles. The number of methoxy groups -OCH3 is 1. The van der Waals surface area contributed by atoms with Crippen LogP contribution in [0.4, 0.5) is 0 Å². The van der Waals surface area contributed by atoms with Gasteiger partial charge in [-0.25, -0.2) is 0 Å². The van der Waals surface area contributed by atoms with Crippen molar-refractivity contribution in [2.75, 3.05) is 7.11 Å². The number of hydrogen-bond donors (Lipinski definition) is 0. The standard InChI is InChI=1S/C17H21NO3/c1-16(2,3)17(11-18)10-13(15(19)20-4)14(21-17)12-8-6-5-7-9-12/h5-9,13-14H,10H2,1-4H3/t13-,14-,17+/m0/s1. The number of esters is 1. The van der Waals surface area contributed by atoms with Crippen molar-refractivity contribution < 1.29 is 14.3 Å². The van der Waals surface area contributed by atoms with Crippen LogP contribution in [0.5, 0.6) is 0 Å². The topological polar surface area (TPSA) is 59.3 Å². The van der Waals surface area contributed by atoms with Gasteiger partial charge in [0.25, 0.3) is 0 Å². The van der Waals surface area contributed by atoms with Crippen LogP contribution in [0, 0.1) is 22.7 Å². The molecule has 1 aliphatic rings. The fraction of sp³-hybridized carbons (Fsp3) is 0.529. The van der Waals surface area contributed by atoms with E-state index in [1.165, 1.54) is 7.11 Å². The maximum Gasteiger partial charge on any atom is 0.311 e. The number of hydrogen-bond acceptors (Lipinski definition) is 4. The van der Waals surface area contributed by atoms with E-state index in [0.717, 1.165) is 5.56 Å². The zero-order chi connectivity index (χ0) is 15.7. The minimum absolute atomic E-state index is 0.328. The Balaban J connectivity index is 2.44. The number of nitriles is 1. The van der Waals surface area contributed by atoms with Crippen LogP contribution >= 0.6 is 0 Å². The van der Waals surface area contributed by atoms with Gasteiger partial charge in [0.15, 0.2) is 5.60 Å². The maximum absolute atomic E-state index is 12.1. The molecule has 1 aliphatic heterocycles. The summed E-state index contributed by atoms with van der Waals surface area (Å²) in [5.41, 5.74) is -0.488. The third kappa shape index (κ3) is 2.66. The Bertz CT molecular complexity index is 556. The summed E-state index contributed by atoms with van der Waals surface area (Å²) in [4.78, 5) is 12.1. The second kappa shape index (κ2) is 5.50. The predicted octanol–water partition coefficient (Wildman–Crippen LogP) is 3.25. The minimum Gasteiger partial charge on any atom is -0.469 e. The van der Waals surface area contributed by atoms with Crippen LogP contribution in [0.3, 0.4) is 0 Å². The Labute approximate surface area is 125 Å². The highest BCUT2D eigenvalue weighted by Crippen LogP contribution is 2.51. The maximum atomic E-state index is 12.1. The zero-order valence-corrected chi connectivity index (χ0v) is 12.9. The molecule has 0 unspecified atom stereocenters. The number of nitrogens with zero attached hydrogens (tertiary/aromatic N) is 1. The van der Waals surface area contributed by atoms with E-state index >= 15 is 0 Å². The van der Waals surface area contributed by atoms with E-state index in [9.17, 15) is 10.1 Å². The SMILES string of the molecule is COC(=O)[C@H]1C[C@@](C#N)(C(C)(C)C)O[C@H]1c1ccccc1. The van der Waals surface area contributed by atoms with Crippen LogP contribution in [0.2, 0.25) is 0 Å². The molecule has 1 aromatic rings. The fourth-order valence-corrected chi connectivity index (χ4v) is 2.79. The molecule has 0 saturated carbocycles. The summed E-state index contributed by atoms with van der Waals surface area (Å²) in [6.45, 7) is 5.87. The monoisotopic (exact) mass is 287 g/mol. The average molecular weight is 287 g/mol. The van der Waals surface area contributed by atoms with Gasteiger partial charge in [-0.05, 0) is 5.56 Å². The van der Waals surface area contributed by atoms with E-state index in [1.54, 1.807) is 0 Å². The highest BCUT2D eigenvalue weighted by molar-refractivity contribution is 5.74. The molecule has 1 heterocycles. The molecule has 0 radical (unpaired) electrons. The molecule has 4 heteroatoms. The molecule has 0 amide bonds. The van der Waals surface area contributed by atoms with Crippen LogP contribution in [-0.2, 0) is 14.3 Å². The lowest BCUT2D eigenvalue weighted by atomic mass is 9.74. The quantitative estimate of drug-likeness (QED) is 0.783. The highest BCUT2D eigenvalue weighted by atomic mass is 16.5. The second-order valence-electron chi connectivity index (χ2n) is 6.47. The van der Waals surface area contributed by atoms with Gasteiger partial charge in [-0.2, -0.15) is 5.26 Å². The molecule has 1 saturated heterocycles. The molecule has 3 atom stereocenters. The van der Waals surface area contributed by atoms with E-state index < -0.39 is 23.0 Å². The van der Waals surface area contributed by atoms with Crippen LogP contribution in [-0.4, -0.2) is 18.7 Å². The van der Waals surface area contributed by atoms with Crippen molar-refractivity contribution in [3.63, 3.8) is 0 Å². The molecule has 0 aliphatic carbocycles. The molecule has 0 bridgehead atoms. The van der Waals surface area contributed by atoms with Gasteiger partial charge in [0, 0.05) is 11.8 Å². The van der Waals surface area contributed by atoms with E-state index in [1.807, 2.05) is 51.1 Å². The van der Waals surface area contributed by atoms with Crippen LogP contribution in [0.25, 0.3) is 0 Å². The van der Waals surface area contributed by atoms with Gasteiger partial charge in [0.05, 0.1) is 25.2 Å². The van der Waals surface area contributed by atoms with E-state index in [-0.39, 0.29) is 5.97 Å². The molecule has 1 aromatic carbocycles. The largest absolute Gasteiger partial charge is 0.469 e. The molecule has 0 N–H and O–H groups in total. The summed E-state index contributed by atoms with van der Waals surface area (Å²) >= 11 is 0. The number of carbonyl (C=O) groups is 1. The van der Waals surface area contributed by atoms with Crippen LogP contribution in [0.15, 0.2) is 30.3 Å². The lowest BCUT2D eigenvalue weighted by molar-refractivity contribution is -0.147. The lowest BCUT2D eigenvalue weighted by Gasteiger charge is -2.35. The Kier molecular flexibility index (Phi) is 4.06. The summed E-state index contributed by atoms with van der Waals surface area (Å²) in [5, 5.41) is 9.66. The summed E-state index contributed by atoms with van der Waals surface area (Å²) in [6, 6.07) is 11.8.